The third kappa shape index (κ3) is 1.73. The fourth-order valence-electron chi connectivity index (χ4n) is 1.91. The second kappa shape index (κ2) is 4.34. The minimum absolute atomic E-state index is 0.600. The summed E-state index contributed by atoms with van der Waals surface area (Å²) in [7, 11) is 0. The molecule has 3 aromatic rings. The van der Waals surface area contributed by atoms with Crippen LogP contribution in [0, 0.1) is 4.64 Å². The number of para-hydroxylation sites is 1. The Morgan fingerprint density at radius 1 is 1.28 bits per heavy atom. The Hall–Kier alpha value is -2.01. The van der Waals surface area contributed by atoms with Crippen molar-refractivity contribution in [2.45, 2.75) is 13.3 Å². The Kier molecular flexibility index (Phi) is 2.68. The van der Waals surface area contributed by atoms with E-state index in [1.54, 1.807) is 6.20 Å². The van der Waals surface area contributed by atoms with Crippen LogP contribution in [0.4, 0.5) is 0 Å². The van der Waals surface area contributed by atoms with Crippen molar-refractivity contribution in [2.75, 3.05) is 0 Å². The van der Waals surface area contributed by atoms with Crippen molar-refractivity contribution in [2.24, 2.45) is 0 Å². The van der Waals surface area contributed by atoms with Crippen molar-refractivity contribution in [3.05, 3.63) is 47.0 Å². The molecule has 18 heavy (non-hydrogen) atoms. The van der Waals surface area contributed by atoms with E-state index in [2.05, 4.69) is 15.1 Å². The fourth-order valence-corrected chi connectivity index (χ4v) is 2.16. The van der Waals surface area contributed by atoms with Gasteiger partial charge in [-0.25, -0.2) is 9.67 Å². The van der Waals surface area contributed by atoms with Crippen LogP contribution < -0.4 is 0 Å². The second-order valence-electron chi connectivity index (χ2n) is 4.00. The van der Waals surface area contributed by atoms with Crippen LogP contribution >= 0.6 is 12.2 Å². The van der Waals surface area contributed by atoms with Gasteiger partial charge >= 0.3 is 0 Å². The first-order valence-corrected chi connectivity index (χ1v) is 6.23. The topological polar surface area (TPSA) is 46.5 Å². The average Bonchev–Trinajstić information content (AvgIpc) is 2.84. The van der Waals surface area contributed by atoms with Crippen LogP contribution in [0.5, 0.6) is 0 Å². The molecule has 0 aliphatic heterocycles. The summed E-state index contributed by atoms with van der Waals surface area (Å²) in [6.45, 7) is 2.04. The van der Waals surface area contributed by atoms with Crippen LogP contribution in [-0.4, -0.2) is 19.7 Å². The molecule has 0 bridgehead atoms. The van der Waals surface area contributed by atoms with E-state index in [4.69, 9.17) is 12.2 Å². The summed E-state index contributed by atoms with van der Waals surface area (Å²) >= 11 is 5.29. The number of aryl methyl sites for hydroxylation is 1. The van der Waals surface area contributed by atoms with E-state index >= 15 is 0 Å². The molecule has 0 aliphatic rings. The Bertz CT molecular complexity index is 743. The molecule has 90 valence electrons. The minimum atomic E-state index is 0.600. The van der Waals surface area contributed by atoms with Gasteiger partial charge in [-0.2, -0.15) is 5.10 Å². The quantitative estimate of drug-likeness (QED) is 0.717. The minimum Gasteiger partial charge on any atom is -0.328 e. The summed E-state index contributed by atoms with van der Waals surface area (Å²) < 4.78 is 2.45. The molecule has 0 atom stereocenters. The maximum atomic E-state index is 5.29. The highest BCUT2D eigenvalue weighted by molar-refractivity contribution is 7.71. The smallest absolute Gasteiger partial charge is 0.145 e. The zero-order valence-corrected chi connectivity index (χ0v) is 10.7. The van der Waals surface area contributed by atoms with Crippen molar-refractivity contribution in [3.8, 4) is 5.69 Å². The number of nitrogens with zero attached hydrogens (tertiary/aromatic N) is 3. The monoisotopic (exact) mass is 256 g/mol. The van der Waals surface area contributed by atoms with E-state index in [0.29, 0.717) is 4.64 Å². The Balaban J connectivity index is 2.32. The van der Waals surface area contributed by atoms with Gasteiger partial charge in [-0.1, -0.05) is 37.3 Å². The molecule has 0 saturated carbocycles. The molecule has 4 nitrogen and oxygen atoms in total. The number of nitrogens with one attached hydrogen (secondary N) is 1. The number of H-pyrrole nitrogens is 1. The van der Waals surface area contributed by atoms with Gasteiger partial charge in [0.25, 0.3) is 0 Å². The summed E-state index contributed by atoms with van der Waals surface area (Å²) in [5.74, 6) is 0.880. The molecule has 5 heteroatoms. The molecule has 0 unspecified atom stereocenters. The van der Waals surface area contributed by atoms with Crippen LogP contribution in [-0.2, 0) is 6.42 Å². The third-order valence-electron chi connectivity index (χ3n) is 2.83. The number of rotatable bonds is 2. The number of benzene rings is 1. The van der Waals surface area contributed by atoms with Gasteiger partial charge in [0.05, 0.1) is 17.3 Å². The van der Waals surface area contributed by atoms with Gasteiger partial charge in [0.1, 0.15) is 16.1 Å². The van der Waals surface area contributed by atoms with Crippen molar-refractivity contribution < 1.29 is 0 Å². The lowest BCUT2D eigenvalue weighted by Gasteiger charge is -2.04. The highest BCUT2D eigenvalue weighted by Gasteiger charge is 2.08. The van der Waals surface area contributed by atoms with Crippen LogP contribution in [0.2, 0.25) is 0 Å². The first kappa shape index (κ1) is 11.1. The standard InChI is InChI=1S/C13H12N4S/c1-2-11-15-12-10(13(18)16-11)8-14-17(12)9-6-4-3-5-7-9/h3-8H,2H2,1H3,(H,15,16,18). The van der Waals surface area contributed by atoms with Gasteiger partial charge in [-0.3, -0.25) is 0 Å². The largest absolute Gasteiger partial charge is 0.328 e. The molecule has 0 spiro atoms. The van der Waals surface area contributed by atoms with Crippen molar-refractivity contribution in [3.63, 3.8) is 0 Å². The number of fused-ring (bicyclic) bond motifs is 1. The summed E-state index contributed by atoms with van der Waals surface area (Å²) in [6.07, 6.45) is 2.58. The third-order valence-corrected chi connectivity index (χ3v) is 3.15. The molecule has 2 heterocycles. The first-order valence-electron chi connectivity index (χ1n) is 5.82. The van der Waals surface area contributed by atoms with Crippen LogP contribution in [0.1, 0.15) is 12.7 Å². The lowest BCUT2D eigenvalue weighted by Crippen LogP contribution is -2.00. The first-order chi connectivity index (χ1) is 8.79. The SMILES string of the molecule is CCc1nc(=S)c2cnn(-c3ccccc3)c2[nH]1. The van der Waals surface area contributed by atoms with E-state index in [-0.39, 0.29) is 0 Å². The lowest BCUT2D eigenvalue weighted by molar-refractivity contribution is 0.876. The van der Waals surface area contributed by atoms with E-state index in [0.717, 1.165) is 29.0 Å². The van der Waals surface area contributed by atoms with Gasteiger partial charge in [0.15, 0.2) is 0 Å². The maximum Gasteiger partial charge on any atom is 0.145 e. The van der Waals surface area contributed by atoms with Crippen molar-refractivity contribution >= 4 is 23.3 Å². The zero-order valence-electron chi connectivity index (χ0n) is 9.92. The molecule has 1 N–H and O–H groups in total. The maximum absolute atomic E-state index is 5.29. The predicted octanol–water partition coefficient (Wildman–Crippen LogP) is 3.04. The van der Waals surface area contributed by atoms with Gasteiger partial charge < -0.3 is 4.98 Å². The van der Waals surface area contributed by atoms with Crippen LogP contribution in [0.15, 0.2) is 36.5 Å². The summed E-state index contributed by atoms with van der Waals surface area (Å²) in [5, 5.41) is 5.26. The average molecular weight is 256 g/mol. The van der Waals surface area contributed by atoms with Gasteiger partial charge in [0, 0.05) is 6.42 Å². The number of hydrogen-bond acceptors (Lipinski definition) is 3. The molecule has 0 amide bonds. The molecular formula is C13H12N4S. The normalized spacial score (nSPS) is 10.9. The highest BCUT2D eigenvalue weighted by atomic mass is 32.1. The van der Waals surface area contributed by atoms with E-state index in [1.165, 1.54) is 0 Å². The Morgan fingerprint density at radius 3 is 2.78 bits per heavy atom. The van der Waals surface area contributed by atoms with E-state index in [1.807, 2.05) is 41.9 Å². The molecular weight excluding hydrogens is 244 g/mol. The highest BCUT2D eigenvalue weighted by Crippen LogP contribution is 2.17. The molecule has 0 radical (unpaired) electrons. The van der Waals surface area contributed by atoms with E-state index < -0.39 is 0 Å². The molecule has 1 aromatic carbocycles. The molecule has 0 saturated heterocycles. The Labute approximate surface area is 109 Å². The molecule has 2 aromatic heterocycles. The van der Waals surface area contributed by atoms with Gasteiger partial charge in [0.2, 0.25) is 0 Å². The fraction of sp³-hybridized carbons (Fsp3) is 0.154. The van der Waals surface area contributed by atoms with E-state index in [9.17, 15) is 0 Å². The molecule has 3 rings (SSSR count). The summed E-state index contributed by atoms with van der Waals surface area (Å²) in [4.78, 5) is 7.62. The number of hydrogen-bond donors (Lipinski definition) is 1. The van der Waals surface area contributed by atoms with Crippen LogP contribution in [0.25, 0.3) is 16.7 Å². The van der Waals surface area contributed by atoms with Gasteiger partial charge in [-0.05, 0) is 12.1 Å². The predicted molar refractivity (Wildman–Crippen MR) is 73.4 cm³/mol. The molecule has 0 fully saturated rings. The summed E-state index contributed by atoms with van der Waals surface area (Å²) in [5.41, 5.74) is 1.91. The van der Waals surface area contributed by atoms with Gasteiger partial charge in [-0.15, -0.1) is 0 Å². The zero-order chi connectivity index (χ0) is 12.5. The number of aromatic amines is 1. The van der Waals surface area contributed by atoms with Crippen LogP contribution in [0.3, 0.4) is 0 Å². The summed E-state index contributed by atoms with van der Waals surface area (Å²) in [6, 6.07) is 9.97. The lowest BCUT2D eigenvalue weighted by atomic mass is 10.3. The van der Waals surface area contributed by atoms with Crippen molar-refractivity contribution in [1.29, 1.82) is 0 Å². The second-order valence-corrected chi connectivity index (χ2v) is 4.38. The van der Waals surface area contributed by atoms with Crippen molar-refractivity contribution in [1.82, 2.24) is 19.7 Å². The number of aromatic nitrogens is 4. The Morgan fingerprint density at radius 2 is 2.06 bits per heavy atom. The molecule has 0 aliphatic carbocycles.